The molecule has 0 saturated carbocycles. The molecular formula is C16H14F2N2O. The summed E-state index contributed by atoms with van der Waals surface area (Å²) in [6.45, 7) is 0.826. The first-order valence-corrected chi connectivity index (χ1v) is 6.72. The van der Waals surface area contributed by atoms with Crippen LogP contribution in [-0.4, -0.2) is 12.5 Å². The van der Waals surface area contributed by atoms with Crippen molar-refractivity contribution in [2.24, 2.45) is 0 Å². The molecule has 2 N–H and O–H groups in total. The minimum Gasteiger partial charge on any atom is -0.384 e. The number of nitrogens with one attached hydrogen (secondary N) is 2. The summed E-state index contributed by atoms with van der Waals surface area (Å²) >= 11 is 0. The van der Waals surface area contributed by atoms with Gasteiger partial charge in [0.05, 0.1) is 0 Å². The second-order valence-corrected chi connectivity index (χ2v) is 4.97. The van der Waals surface area contributed by atoms with Crippen molar-refractivity contribution in [1.29, 1.82) is 0 Å². The highest BCUT2D eigenvalue weighted by molar-refractivity contribution is 5.95. The first kappa shape index (κ1) is 13.5. The molecule has 108 valence electrons. The summed E-state index contributed by atoms with van der Waals surface area (Å²) in [4.78, 5) is 12.1. The molecule has 1 heterocycles. The molecule has 0 spiro atoms. The standard InChI is InChI=1S/C16H14F2N2O/c17-13-2-3-14(18)12(8-13)9-20-16(21)11-1-4-15-10(7-11)5-6-19-15/h1-4,7-8,19H,5-6,9H2,(H,20,21). The number of carbonyl (C=O) groups excluding carboxylic acids is 1. The van der Waals surface area contributed by atoms with Gasteiger partial charge in [0, 0.05) is 29.9 Å². The number of halogens is 2. The van der Waals surface area contributed by atoms with Gasteiger partial charge in [-0.15, -0.1) is 0 Å². The Morgan fingerprint density at radius 1 is 1.19 bits per heavy atom. The van der Waals surface area contributed by atoms with Crippen LogP contribution in [0.3, 0.4) is 0 Å². The van der Waals surface area contributed by atoms with Crippen molar-refractivity contribution in [3.63, 3.8) is 0 Å². The molecule has 3 nitrogen and oxygen atoms in total. The summed E-state index contributed by atoms with van der Waals surface area (Å²) in [7, 11) is 0. The average Bonchev–Trinajstić information content (AvgIpc) is 2.95. The quantitative estimate of drug-likeness (QED) is 0.912. The summed E-state index contributed by atoms with van der Waals surface area (Å²) in [5, 5.41) is 5.82. The van der Waals surface area contributed by atoms with E-state index in [1.54, 1.807) is 6.07 Å². The molecule has 0 radical (unpaired) electrons. The van der Waals surface area contributed by atoms with E-state index in [1.807, 2.05) is 12.1 Å². The van der Waals surface area contributed by atoms with Crippen molar-refractivity contribution < 1.29 is 13.6 Å². The minimum atomic E-state index is -0.533. The van der Waals surface area contributed by atoms with Crippen molar-refractivity contribution >= 4 is 11.6 Å². The maximum absolute atomic E-state index is 13.5. The second kappa shape index (κ2) is 5.52. The maximum Gasteiger partial charge on any atom is 0.251 e. The molecule has 21 heavy (non-hydrogen) atoms. The Morgan fingerprint density at radius 3 is 2.90 bits per heavy atom. The largest absolute Gasteiger partial charge is 0.384 e. The summed E-state index contributed by atoms with van der Waals surface area (Å²) in [6.07, 6.45) is 0.884. The number of benzene rings is 2. The van der Waals surface area contributed by atoms with Crippen LogP contribution in [0.15, 0.2) is 36.4 Å². The van der Waals surface area contributed by atoms with Crippen LogP contribution in [0.5, 0.6) is 0 Å². The monoisotopic (exact) mass is 288 g/mol. The van der Waals surface area contributed by atoms with Gasteiger partial charge >= 0.3 is 0 Å². The topological polar surface area (TPSA) is 41.1 Å². The fourth-order valence-electron chi connectivity index (χ4n) is 2.40. The molecule has 1 amide bonds. The van der Waals surface area contributed by atoms with Gasteiger partial charge in [-0.05, 0) is 48.4 Å². The van der Waals surface area contributed by atoms with Gasteiger partial charge in [0.25, 0.3) is 5.91 Å². The van der Waals surface area contributed by atoms with Crippen LogP contribution in [0, 0.1) is 11.6 Å². The van der Waals surface area contributed by atoms with Gasteiger partial charge < -0.3 is 10.6 Å². The number of rotatable bonds is 3. The van der Waals surface area contributed by atoms with Gasteiger partial charge in [0.1, 0.15) is 11.6 Å². The van der Waals surface area contributed by atoms with E-state index in [-0.39, 0.29) is 18.0 Å². The number of fused-ring (bicyclic) bond motifs is 1. The van der Waals surface area contributed by atoms with E-state index in [9.17, 15) is 13.6 Å². The molecule has 0 aliphatic carbocycles. The van der Waals surface area contributed by atoms with E-state index in [0.717, 1.165) is 42.4 Å². The SMILES string of the molecule is O=C(NCc1cc(F)ccc1F)c1ccc2c(c1)CCN2. The molecule has 5 heteroatoms. The van der Waals surface area contributed by atoms with Gasteiger partial charge in [0.15, 0.2) is 0 Å². The highest BCUT2D eigenvalue weighted by Crippen LogP contribution is 2.23. The van der Waals surface area contributed by atoms with E-state index in [0.29, 0.717) is 5.56 Å². The number of amides is 1. The van der Waals surface area contributed by atoms with Crippen LogP contribution in [-0.2, 0) is 13.0 Å². The Bertz CT molecular complexity index is 701. The Kier molecular flexibility index (Phi) is 3.56. The molecular weight excluding hydrogens is 274 g/mol. The zero-order chi connectivity index (χ0) is 14.8. The highest BCUT2D eigenvalue weighted by atomic mass is 19.1. The number of hydrogen-bond donors (Lipinski definition) is 2. The molecule has 0 saturated heterocycles. The minimum absolute atomic E-state index is 0.0439. The average molecular weight is 288 g/mol. The molecule has 1 aliphatic heterocycles. The van der Waals surface area contributed by atoms with E-state index >= 15 is 0 Å². The lowest BCUT2D eigenvalue weighted by Crippen LogP contribution is -2.23. The molecule has 0 aromatic heterocycles. The predicted octanol–water partition coefficient (Wildman–Crippen LogP) is 2.86. The molecule has 0 unspecified atom stereocenters. The molecule has 0 atom stereocenters. The second-order valence-electron chi connectivity index (χ2n) is 4.97. The van der Waals surface area contributed by atoms with E-state index in [1.165, 1.54) is 0 Å². The van der Waals surface area contributed by atoms with Crippen molar-refractivity contribution in [2.75, 3.05) is 11.9 Å². The zero-order valence-electron chi connectivity index (χ0n) is 11.2. The van der Waals surface area contributed by atoms with Crippen LogP contribution in [0.25, 0.3) is 0 Å². The Labute approximate surface area is 121 Å². The highest BCUT2D eigenvalue weighted by Gasteiger charge is 2.14. The number of anilines is 1. The Hall–Kier alpha value is -2.43. The molecule has 2 aromatic carbocycles. The van der Waals surface area contributed by atoms with Gasteiger partial charge in [-0.3, -0.25) is 4.79 Å². The molecule has 3 rings (SSSR count). The van der Waals surface area contributed by atoms with Gasteiger partial charge in [-0.25, -0.2) is 8.78 Å². The number of carbonyl (C=O) groups is 1. The molecule has 1 aliphatic rings. The van der Waals surface area contributed by atoms with Gasteiger partial charge in [-0.1, -0.05) is 0 Å². The zero-order valence-corrected chi connectivity index (χ0v) is 11.2. The fraction of sp³-hybridized carbons (Fsp3) is 0.188. The van der Waals surface area contributed by atoms with E-state index in [4.69, 9.17) is 0 Å². The third kappa shape index (κ3) is 2.86. The lowest BCUT2D eigenvalue weighted by atomic mass is 10.1. The van der Waals surface area contributed by atoms with Gasteiger partial charge in [0.2, 0.25) is 0 Å². The van der Waals surface area contributed by atoms with Gasteiger partial charge in [-0.2, -0.15) is 0 Å². The maximum atomic E-state index is 13.5. The summed E-state index contributed by atoms with van der Waals surface area (Å²) < 4.78 is 26.5. The smallest absolute Gasteiger partial charge is 0.251 e. The molecule has 0 bridgehead atoms. The number of hydrogen-bond acceptors (Lipinski definition) is 2. The third-order valence-corrected chi connectivity index (χ3v) is 3.52. The van der Waals surface area contributed by atoms with Crippen molar-refractivity contribution in [3.05, 3.63) is 64.7 Å². The normalized spacial score (nSPS) is 12.7. The lowest BCUT2D eigenvalue weighted by molar-refractivity contribution is 0.0950. The van der Waals surface area contributed by atoms with Crippen molar-refractivity contribution in [2.45, 2.75) is 13.0 Å². The summed E-state index contributed by atoms with van der Waals surface area (Å²) in [5.74, 6) is -1.35. The summed E-state index contributed by atoms with van der Waals surface area (Å²) in [5.41, 5.74) is 2.79. The fourth-order valence-corrected chi connectivity index (χ4v) is 2.40. The summed E-state index contributed by atoms with van der Waals surface area (Å²) in [6, 6.07) is 8.59. The first-order valence-electron chi connectivity index (χ1n) is 6.72. The van der Waals surface area contributed by atoms with E-state index in [2.05, 4.69) is 10.6 Å². The van der Waals surface area contributed by atoms with Crippen molar-refractivity contribution in [1.82, 2.24) is 5.32 Å². The van der Waals surface area contributed by atoms with Crippen LogP contribution >= 0.6 is 0 Å². The lowest BCUT2D eigenvalue weighted by Gasteiger charge is -2.08. The Balaban J connectivity index is 1.70. The predicted molar refractivity (Wildman–Crippen MR) is 76.2 cm³/mol. The molecule has 2 aromatic rings. The third-order valence-electron chi connectivity index (χ3n) is 3.52. The van der Waals surface area contributed by atoms with E-state index < -0.39 is 11.6 Å². The molecule has 0 fully saturated rings. The Morgan fingerprint density at radius 2 is 2.05 bits per heavy atom. The van der Waals surface area contributed by atoms with Crippen LogP contribution in [0.4, 0.5) is 14.5 Å². The van der Waals surface area contributed by atoms with Crippen LogP contribution in [0.1, 0.15) is 21.5 Å². The van der Waals surface area contributed by atoms with Crippen molar-refractivity contribution in [3.8, 4) is 0 Å². The van der Waals surface area contributed by atoms with Crippen LogP contribution < -0.4 is 10.6 Å². The van der Waals surface area contributed by atoms with Crippen LogP contribution in [0.2, 0.25) is 0 Å². The first-order chi connectivity index (χ1) is 10.1.